The number of amides is 3. The fourth-order valence-electron chi connectivity index (χ4n) is 5.94. The number of hydrogen-bond donors (Lipinski definition) is 1. The second-order valence-electron chi connectivity index (χ2n) is 9.42. The Bertz CT molecular complexity index is 1060. The average molecular weight is 464 g/mol. The minimum Gasteiger partial charge on any atom is -0.493 e. The van der Waals surface area contributed by atoms with Gasteiger partial charge in [-0.1, -0.05) is 30.3 Å². The molecule has 3 amide bonds. The maximum atomic E-state index is 13.6. The van der Waals surface area contributed by atoms with E-state index in [9.17, 15) is 9.59 Å². The van der Waals surface area contributed by atoms with Crippen LogP contribution in [-0.4, -0.2) is 61.6 Å². The molecule has 0 bridgehead atoms. The van der Waals surface area contributed by atoms with Gasteiger partial charge in [0.2, 0.25) is 5.91 Å². The van der Waals surface area contributed by atoms with Crippen molar-refractivity contribution in [1.29, 1.82) is 0 Å². The highest BCUT2D eigenvalue weighted by Gasteiger charge is 2.48. The molecule has 2 fully saturated rings. The molecule has 0 aromatic heterocycles. The molecular weight excluding hydrogens is 430 g/mol. The number of nitrogens with one attached hydrogen (secondary N) is 1. The lowest BCUT2D eigenvalue weighted by Gasteiger charge is -2.51. The van der Waals surface area contributed by atoms with E-state index in [1.54, 1.807) is 14.2 Å². The highest BCUT2D eigenvalue weighted by atomic mass is 16.5. The highest BCUT2D eigenvalue weighted by molar-refractivity contribution is 5.83. The number of benzene rings is 2. The molecule has 34 heavy (non-hydrogen) atoms. The van der Waals surface area contributed by atoms with Crippen molar-refractivity contribution in [3.05, 3.63) is 59.2 Å². The Labute approximate surface area is 201 Å². The highest BCUT2D eigenvalue weighted by Crippen LogP contribution is 2.46. The van der Waals surface area contributed by atoms with Gasteiger partial charge >= 0.3 is 6.03 Å². The molecule has 2 aromatic carbocycles. The van der Waals surface area contributed by atoms with Crippen LogP contribution >= 0.6 is 0 Å². The molecule has 3 heterocycles. The summed E-state index contributed by atoms with van der Waals surface area (Å²) in [6, 6.07) is 14.0. The fourth-order valence-corrected chi connectivity index (χ4v) is 5.94. The van der Waals surface area contributed by atoms with Gasteiger partial charge in [-0.3, -0.25) is 4.79 Å². The van der Waals surface area contributed by atoms with E-state index in [-0.39, 0.29) is 29.9 Å². The smallest absolute Gasteiger partial charge is 0.317 e. The third-order valence-electron chi connectivity index (χ3n) is 7.64. The molecule has 5 rings (SSSR count). The second-order valence-corrected chi connectivity index (χ2v) is 9.42. The molecule has 0 spiro atoms. The van der Waals surface area contributed by atoms with Crippen LogP contribution in [0.3, 0.4) is 0 Å². The normalized spacial score (nSPS) is 23.5. The molecule has 3 atom stereocenters. The number of fused-ring (bicyclic) bond motifs is 4. The third-order valence-corrected chi connectivity index (χ3v) is 7.64. The molecule has 2 saturated heterocycles. The summed E-state index contributed by atoms with van der Waals surface area (Å²) >= 11 is 0. The quantitative estimate of drug-likeness (QED) is 0.736. The Kier molecular flexibility index (Phi) is 6.35. The maximum absolute atomic E-state index is 13.6. The van der Waals surface area contributed by atoms with Crippen LogP contribution in [0.1, 0.15) is 42.0 Å². The molecule has 3 aliphatic rings. The van der Waals surface area contributed by atoms with Gasteiger partial charge in [0.25, 0.3) is 0 Å². The first-order chi connectivity index (χ1) is 16.6. The summed E-state index contributed by atoms with van der Waals surface area (Å²) in [5.41, 5.74) is 3.51. The molecule has 180 valence electrons. The lowest BCUT2D eigenvalue weighted by atomic mass is 9.76. The Balaban J connectivity index is 1.35. The summed E-state index contributed by atoms with van der Waals surface area (Å²) in [6.07, 6.45) is 4.06. The average Bonchev–Trinajstić information content (AvgIpc) is 2.88. The maximum Gasteiger partial charge on any atom is 0.317 e. The number of nitrogens with zero attached hydrogens (tertiary/aromatic N) is 2. The number of carbonyl (C=O) groups excluding carboxylic acids is 2. The molecule has 0 radical (unpaired) electrons. The van der Waals surface area contributed by atoms with Crippen LogP contribution in [0.15, 0.2) is 42.5 Å². The second kappa shape index (κ2) is 9.57. The number of rotatable bonds is 5. The van der Waals surface area contributed by atoms with E-state index in [4.69, 9.17) is 9.47 Å². The first-order valence-electron chi connectivity index (χ1n) is 12.2. The molecular formula is C27H33N3O4. The Hall–Kier alpha value is -3.22. The van der Waals surface area contributed by atoms with E-state index < -0.39 is 0 Å². The van der Waals surface area contributed by atoms with Crippen LogP contribution < -0.4 is 14.8 Å². The zero-order chi connectivity index (χ0) is 23.7. The van der Waals surface area contributed by atoms with Crippen LogP contribution in [0.2, 0.25) is 0 Å². The van der Waals surface area contributed by atoms with Crippen molar-refractivity contribution >= 4 is 11.9 Å². The van der Waals surface area contributed by atoms with E-state index in [1.807, 2.05) is 40.1 Å². The van der Waals surface area contributed by atoms with Gasteiger partial charge in [-0.05, 0) is 60.9 Å². The SMILES string of the molecule is COc1cc2c(cc1OC)[C@H]1C[C@H]3[C@H](CCCN3C(=O)NCCc3ccccc3)C(=O)N1CC2. The topological polar surface area (TPSA) is 71.1 Å². The number of carbonyl (C=O) groups is 2. The zero-order valence-corrected chi connectivity index (χ0v) is 20.0. The van der Waals surface area contributed by atoms with E-state index in [2.05, 4.69) is 17.4 Å². The van der Waals surface area contributed by atoms with E-state index in [1.165, 1.54) is 11.1 Å². The molecule has 0 unspecified atom stereocenters. The molecule has 0 saturated carbocycles. The van der Waals surface area contributed by atoms with Crippen LogP contribution in [-0.2, 0) is 17.6 Å². The van der Waals surface area contributed by atoms with Crippen molar-refractivity contribution in [3.8, 4) is 11.5 Å². The van der Waals surface area contributed by atoms with Gasteiger partial charge in [-0.15, -0.1) is 0 Å². The van der Waals surface area contributed by atoms with Gasteiger partial charge in [0.15, 0.2) is 11.5 Å². The van der Waals surface area contributed by atoms with Crippen molar-refractivity contribution in [2.24, 2.45) is 5.92 Å². The van der Waals surface area contributed by atoms with Crippen molar-refractivity contribution in [3.63, 3.8) is 0 Å². The van der Waals surface area contributed by atoms with Gasteiger partial charge < -0.3 is 24.6 Å². The number of ether oxygens (including phenoxy) is 2. The van der Waals surface area contributed by atoms with Gasteiger partial charge in [-0.2, -0.15) is 0 Å². The van der Waals surface area contributed by atoms with Crippen molar-refractivity contribution < 1.29 is 19.1 Å². The molecule has 7 heteroatoms. The van der Waals surface area contributed by atoms with E-state index in [0.29, 0.717) is 31.1 Å². The van der Waals surface area contributed by atoms with Gasteiger partial charge in [0.1, 0.15) is 0 Å². The minimum atomic E-state index is -0.119. The summed E-state index contributed by atoms with van der Waals surface area (Å²) in [5.74, 6) is 1.46. The molecule has 0 aliphatic carbocycles. The predicted molar refractivity (Wildman–Crippen MR) is 129 cm³/mol. The van der Waals surface area contributed by atoms with Crippen LogP contribution in [0.5, 0.6) is 11.5 Å². The minimum absolute atomic E-state index is 0.0463. The lowest BCUT2D eigenvalue weighted by Crippen LogP contribution is -2.61. The zero-order valence-electron chi connectivity index (χ0n) is 20.0. The van der Waals surface area contributed by atoms with Gasteiger partial charge in [0.05, 0.1) is 26.2 Å². The molecule has 3 aliphatic heterocycles. The predicted octanol–water partition coefficient (Wildman–Crippen LogP) is 3.57. The van der Waals surface area contributed by atoms with Crippen LogP contribution in [0.4, 0.5) is 4.79 Å². The summed E-state index contributed by atoms with van der Waals surface area (Å²) in [5, 5.41) is 3.10. The number of piperidine rings is 2. The molecule has 2 aromatic rings. The lowest BCUT2D eigenvalue weighted by molar-refractivity contribution is -0.148. The Morgan fingerprint density at radius 2 is 1.85 bits per heavy atom. The van der Waals surface area contributed by atoms with Crippen molar-refractivity contribution in [2.45, 2.75) is 44.2 Å². The summed E-state index contributed by atoms with van der Waals surface area (Å²) in [4.78, 5) is 30.7. The largest absolute Gasteiger partial charge is 0.493 e. The Morgan fingerprint density at radius 3 is 2.62 bits per heavy atom. The van der Waals surface area contributed by atoms with Gasteiger partial charge in [-0.25, -0.2) is 4.79 Å². The third kappa shape index (κ3) is 4.08. The van der Waals surface area contributed by atoms with E-state index in [0.717, 1.165) is 37.7 Å². The van der Waals surface area contributed by atoms with Gasteiger partial charge in [0, 0.05) is 25.7 Å². The summed E-state index contributed by atoms with van der Waals surface area (Å²) in [6.45, 7) is 1.98. The fraction of sp³-hybridized carbons (Fsp3) is 0.481. The number of likely N-dealkylation sites (tertiary alicyclic amines) is 1. The van der Waals surface area contributed by atoms with E-state index >= 15 is 0 Å². The number of hydrogen-bond acceptors (Lipinski definition) is 4. The molecule has 1 N–H and O–H groups in total. The molecule has 7 nitrogen and oxygen atoms in total. The first kappa shape index (κ1) is 22.6. The standard InChI is InChI=1S/C27H33N3O4/c1-33-24-15-19-11-14-29-23(21(19)16-25(24)34-2)17-22-20(26(29)31)9-6-13-30(22)27(32)28-12-10-18-7-4-3-5-8-18/h3-5,7-8,15-16,20,22-23H,6,9-14,17H2,1-2H3,(H,28,32)/t20-,22-,23+/m0/s1. The van der Waals surface area contributed by atoms with Crippen LogP contribution in [0.25, 0.3) is 0 Å². The number of methoxy groups -OCH3 is 2. The monoisotopic (exact) mass is 463 g/mol. The summed E-state index contributed by atoms with van der Waals surface area (Å²) in [7, 11) is 3.28. The Morgan fingerprint density at radius 1 is 1.09 bits per heavy atom. The number of urea groups is 1. The summed E-state index contributed by atoms with van der Waals surface area (Å²) < 4.78 is 11.0. The van der Waals surface area contributed by atoms with Crippen LogP contribution in [0, 0.1) is 5.92 Å². The van der Waals surface area contributed by atoms with Crippen molar-refractivity contribution in [2.75, 3.05) is 33.9 Å². The van der Waals surface area contributed by atoms with Crippen molar-refractivity contribution in [1.82, 2.24) is 15.1 Å². The first-order valence-corrected chi connectivity index (χ1v) is 12.2.